The highest BCUT2D eigenvalue weighted by Crippen LogP contribution is 2.66. The zero-order chi connectivity index (χ0) is 23.4. The molecule has 0 radical (unpaired) electrons. The van der Waals surface area contributed by atoms with E-state index in [0.717, 1.165) is 37.7 Å². The van der Waals surface area contributed by atoms with Crippen LogP contribution in [0.15, 0.2) is 48.1 Å². The third-order valence-corrected chi connectivity index (χ3v) is 9.62. The maximum atomic E-state index is 12.2. The first-order valence-corrected chi connectivity index (χ1v) is 12.6. The summed E-state index contributed by atoms with van der Waals surface area (Å²) in [4.78, 5) is 24.1. The SMILES string of the molecule is CC(=O)c1ccc([C@H]2C[C@@]3(C)C(=CC[C@]3(O)/C=C\CO)[C@@H]3CCC4CC(=O)CC[C@@H]4[C@@H]23)cc1. The van der Waals surface area contributed by atoms with E-state index in [1.807, 2.05) is 18.2 Å². The Morgan fingerprint density at radius 3 is 2.61 bits per heavy atom. The van der Waals surface area contributed by atoms with Crippen LogP contribution >= 0.6 is 0 Å². The normalized spacial score (nSPS) is 40.2. The molecule has 0 spiro atoms. The van der Waals surface area contributed by atoms with Gasteiger partial charge in [0.05, 0.1) is 12.2 Å². The van der Waals surface area contributed by atoms with E-state index in [4.69, 9.17) is 0 Å². The fraction of sp³-hybridized carbons (Fsp3) is 0.586. The van der Waals surface area contributed by atoms with E-state index in [1.54, 1.807) is 13.0 Å². The topological polar surface area (TPSA) is 74.6 Å². The molecule has 1 unspecified atom stereocenters. The van der Waals surface area contributed by atoms with Gasteiger partial charge in [-0.15, -0.1) is 0 Å². The molecule has 0 heterocycles. The van der Waals surface area contributed by atoms with Crippen molar-refractivity contribution in [3.63, 3.8) is 0 Å². The molecule has 7 atom stereocenters. The average Bonchev–Trinajstić information content (AvgIpc) is 3.07. The molecule has 0 amide bonds. The molecule has 0 aromatic heterocycles. The summed E-state index contributed by atoms with van der Waals surface area (Å²) >= 11 is 0. The Balaban J connectivity index is 1.58. The van der Waals surface area contributed by atoms with Crippen molar-refractivity contribution < 1.29 is 19.8 Å². The third-order valence-electron chi connectivity index (χ3n) is 9.62. The van der Waals surface area contributed by atoms with Crippen LogP contribution in [-0.4, -0.2) is 34.0 Å². The molecule has 4 aliphatic carbocycles. The number of fused-ring (bicyclic) bond motifs is 5. The maximum absolute atomic E-state index is 12.2. The van der Waals surface area contributed by atoms with E-state index in [2.05, 4.69) is 25.1 Å². The first-order chi connectivity index (χ1) is 15.8. The van der Waals surface area contributed by atoms with E-state index in [9.17, 15) is 19.8 Å². The quantitative estimate of drug-likeness (QED) is 0.502. The van der Waals surface area contributed by atoms with Crippen LogP contribution in [0.4, 0.5) is 0 Å². The van der Waals surface area contributed by atoms with Crippen LogP contribution in [0.1, 0.15) is 80.6 Å². The molecule has 3 fully saturated rings. The highest BCUT2D eigenvalue weighted by Gasteiger charge is 2.61. The maximum Gasteiger partial charge on any atom is 0.159 e. The Bertz CT molecular complexity index is 1000. The van der Waals surface area contributed by atoms with Crippen LogP contribution in [0.3, 0.4) is 0 Å². The molecule has 176 valence electrons. The van der Waals surface area contributed by atoms with Gasteiger partial charge in [-0.1, -0.05) is 55.0 Å². The molecule has 5 rings (SSSR count). The summed E-state index contributed by atoms with van der Waals surface area (Å²) in [5.41, 5.74) is 1.98. The van der Waals surface area contributed by atoms with E-state index in [0.29, 0.717) is 42.3 Å². The molecule has 2 N–H and O–H groups in total. The smallest absolute Gasteiger partial charge is 0.159 e. The molecule has 1 aromatic rings. The van der Waals surface area contributed by atoms with Gasteiger partial charge >= 0.3 is 0 Å². The minimum Gasteiger partial charge on any atom is -0.392 e. The van der Waals surface area contributed by atoms with Crippen LogP contribution in [-0.2, 0) is 4.79 Å². The molecule has 0 saturated heterocycles. The summed E-state index contributed by atoms with van der Waals surface area (Å²) in [6, 6.07) is 8.12. The number of aliphatic hydroxyl groups excluding tert-OH is 1. The Hall–Kier alpha value is -2.04. The van der Waals surface area contributed by atoms with Crippen molar-refractivity contribution >= 4 is 11.6 Å². The lowest BCUT2D eigenvalue weighted by Crippen LogP contribution is -2.53. The number of aliphatic hydroxyl groups is 2. The second-order valence-corrected chi connectivity index (χ2v) is 11.2. The minimum atomic E-state index is -0.993. The number of carbonyl (C=O) groups excluding carboxylic acids is 2. The Morgan fingerprint density at radius 1 is 1.15 bits per heavy atom. The van der Waals surface area contributed by atoms with Gasteiger partial charge in [-0.3, -0.25) is 9.59 Å². The van der Waals surface area contributed by atoms with Gasteiger partial charge in [0.2, 0.25) is 0 Å². The minimum absolute atomic E-state index is 0.0723. The van der Waals surface area contributed by atoms with Gasteiger partial charge in [0.25, 0.3) is 0 Å². The van der Waals surface area contributed by atoms with Crippen LogP contribution in [0.2, 0.25) is 0 Å². The van der Waals surface area contributed by atoms with Gasteiger partial charge in [-0.25, -0.2) is 0 Å². The van der Waals surface area contributed by atoms with Gasteiger partial charge in [0, 0.05) is 23.8 Å². The summed E-state index contributed by atoms with van der Waals surface area (Å²) in [5, 5.41) is 21.2. The van der Waals surface area contributed by atoms with Gasteiger partial charge in [0.1, 0.15) is 5.78 Å². The lowest BCUT2D eigenvalue weighted by atomic mass is 9.47. The van der Waals surface area contributed by atoms with Crippen LogP contribution in [0.25, 0.3) is 0 Å². The summed E-state index contributed by atoms with van der Waals surface area (Å²) < 4.78 is 0. The second kappa shape index (κ2) is 8.32. The molecule has 0 bridgehead atoms. The van der Waals surface area contributed by atoms with Crippen molar-refractivity contribution in [2.24, 2.45) is 29.1 Å². The Labute approximate surface area is 196 Å². The lowest BCUT2D eigenvalue weighted by Gasteiger charge is -2.58. The molecule has 4 heteroatoms. The van der Waals surface area contributed by atoms with E-state index < -0.39 is 5.60 Å². The molecule has 3 saturated carbocycles. The lowest BCUT2D eigenvalue weighted by molar-refractivity contribution is -0.126. The second-order valence-electron chi connectivity index (χ2n) is 11.2. The van der Waals surface area contributed by atoms with E-state index in [-0.39, 0.29) is 23.7 Å². The molecular formula is C29H36O4. The number of hydrogen-bond donors (Lipinski definition) is 2. The highest BCUT2D eigenvalue weighted by atomic mass is 16.3. The molecule has 4 aliphatic rings. The van der Waals surface area contributed by atoms with Gasteiger partial charge < -0.3 is 10.2 Å². The first-order valence-electron chi connectivity index (χ1n) is 12.6. The Kier molecular flexibility index (Phi) is 5.73. The summed E-state index contributed by atoms with van der Waals surface area (Å²) in [6.07, 6.45) is 11.8. The molecule has 1 aromatic carbocycles. The number of benzene rings is 1. The van der Waals surface area contributed by atoms with Crippen molar-refractivity contribution in [3.8, 4) is 0 Å². The standard InChI is InChI=1S/C29H36O4/c1-18(31)19-4-6-20(7-5-19)25-17-28(2)26(12-14-29(28,33)13-3-15-30)24-10-8-21-16-22(32)9-11-23(21)27(24)25/h3-7,12-13,21,23-25,27,30,33H,8-11,14-17H2,1-2H3/b13-3-/t21?,23-,24-,25+,27+,28-,29+/m0/s1. The van der Waals surface area contributed by atoms with Crippen LogP contribution < -0.4 is 0 Å². The van der Waals surface area contributed by atoms with Gasteiger partial charge in [-0.05, 0) is 74.2 Å². The number of rotatable bonds is 4. The van der Waals surface area contributed by atoms with Crippen molar-refractivity contribution in [1.29, 1.82) is 0 Å². The van der Waals surface area contributed by atoms with Crippen molar-refractivity contribution in [2.75, 3.05) is 6.61 Å². The van der Waals surface area contributed by atoms with Gasteiger partial charge in [0.15, 0.2) is 5.78 Å². The zero-order valence-electron chi connectivity index (χ0n) is 19.8. The molecular weight excluding hydrogens is 412 g/mol. The highest BCUT2D eigenvalue weighted by molar-refractivity contribution is 5.94. The number of ketones is 2. The van der Waals surface area contributed by atoms with Crippen LogP contribution in [0, 0.1) is 29.1 Å². The summed E-state index contributed by atoms with van der Waals surface area (Å²) in [6.45, 7) is 3.73. The van der Waals surface area contributed by atoms with Crippen molar-refractivity contribution in [3.05, 3.63) is 59.2 Å². The molecule has 0 aliphatic heterocycles. The molecule has 33 heavy (non-hydrogen) atoms. The van der Waals surface area contributed by atoms with E-state index in [1.165, 1.54) is 11.1 Å². The van der Waals surface area contributed by atoms with Crippen LogP contribution in [0.5, 0.6) is 0 Å². The predicted molar refractivity (Wildman–Crippen MR) is 128 cm³/mol. The third kappa shape index (κ3) is 3.57. The fourth-order valence-corrected chi connectivity index (χ4v) is 7.96. The average molecular weight is 449 g/mol. The number of hydrogen-bond acceptors (Lipinski definition) is 4. The first kappa shape index (κ1) is 22.7. The summed E-state index contributed by atoms with van der Waals surface area (Å²) in [7, 11) is 0. The fourth-order valence-electron chi connectivity index (χ4n) is 7.96. The Morgan fingerprint density at radius 2 is 1.91 bits per heavy atom. The largest absolute Gasteiger partial charge is 0.392 e. The zero-order valence-corrected chi connectivity index (χ0v) is 19.8. The van der Waals surface area contributed by atoms with Crippen molar-refractivity contribution in [2.45, 2.75) is 70.3 Å². The predicted octanol–water partition coefficient (Wildman–Crippen LogP) is 5.00. The number of carbonyl (C=O) groups is 2. The number of Topliss-reactive ketones (excluding diaryl/α,β-unsaturated/α-hetero) is 2. The van der Waals surface area contributed by atoms with Crippen molar-refractivity contribution in [1.82, 2.24) is 0 Å². The molecule has 4 nitrogen and oxygen atoms in total. The van der Waals surface area contributed by atoms with E-state index >= 15 is 0 Å². The monoisotopic (exact) mass is 448 g/mol. The summed E-state index contributed by atoms with van der Waals surface area (Å²) in [5.74, 6) is 2.64. The van der Waals surface area contributed by atoms with Gasteiger partial charge in [-0.2, -0.15) is 0 Å².